The Hall–Kier alpha value is -1.14. The molecule has 0 spiro atoms. The third kappa shape index (κ3) is 4.41. The SMILES string of the molecule is CCCN(CC1CCCCN1)c1ccc([N+](=O)[O-])cc1Br. The monoisotopic (exact) mass is 355 g/mol. The molecule has 1 heterocycles. The minimum Gasteiger partial charge on any atom is -0.369 e. The zero-order valence-corrected chi connectivity index (χ0v) is 13.9. The lowest BCUT2D eigenvalue weighted by Crippen LogP contribution is -2.44. The number of piperidine rings is 1. The first kappa shape index (κ1) is 16.2. The van der Waals surface area contributed by atoms with Crippen LogP contribution in [0.5, 0.6) is 0 Å². The maximum absolute atomic E-state index is 10.8. The fourth-order valence-corrected chi connectivity index (χ4v) is 3.41. The molecule has 1 unspecified atom stereocenters. The predicted molar refractivity (Wildman–Crippen MR) is 88.9 cm³/mol. The molecule has 1 aromatic rings. The van der Waals surface area contributed by atoms with Crippen molar-refractivity contribution in [2.45, 2.75) is 38.6 Å². The van der Waals surface area contributed by atoms with Crippen molar-refractivity contribution < 1.29 is 4.92 Å². The fourth-order valence-electron chi connectivity index (χ4n) is 2.79. The second-order valence-electron chi connectivity index (χ2n) is 5.49. The van der Waals surface area contributed by atoms with Crippen molar-refractivity contribution in [3.8, 4) is 0 Å². The molecule has 1 saturated heterocycles. The van der Waals surface area contributed by atoms with E-state index < -0.39 is 0 Å². The lowest BCUT2D eigenvalue weighted by atomic mass is 10.0. The summed E-state index contributed by atoms with van der Waals surface area (Å²) in [6.45, 7) is 5.14. The van der Waals surface area contributed by atoms with E-state index in [2.05, 4.69) is 33.1 Å². The zero-order chi connectivity index (χ0) is 15.2. The normalized spacial score (nSPS) is 18.5. The number of nitrogens with one attached hydrogen (secondary N) is 1. The molecule has 0 bridgehead atoms. The van der Waals surface area contributed by atoms with Crippen LogP contribution in [0.25, 0.3) is 0 Å². The van der Waals surface area contributed by atoms with Gasteiger partial charge >= 0.3 is 0 Å². The quantitative estimate of drug-likeness (QED) is 0.624. The van der Waals surface area contributed by atoms with Crippen molar-refractivity contribution in [2.24, 2.45) is 0 Å². The number of hydrogen-bond acceptors (Lipinski definition) is 4. The van der Waals surface area contributed by atoms with Gasteiger partial charge in [0.1, 0.15) is 0 Å². The zero-order valence-electron chi connectivity index (χ0n) is 12.3. The molecule has 1 aliphatic heterocycles. The van der Waals surface area contributed by atoms with Crippen molar-refractivity contribution in [3.05, 3.63) is 32.8 Å². The van der Waals surface area contributed by atoms with Crippen molar-refractivity contribution in [3.63, 3.8) is 0 Å². The Morgan fingerprint density at radius 2 is 2.29 bits per heavy atom. The lowest BCUT2D eigenvalue weighted by Gasteiger charge is -2.32. The number of halogens is 1. The minimum atomic E-state index is -0.360. The molecule has 0 saturated carbocycles. The summed E-state index contributed by atoms with van der Waals surface area (Å²) in [6, 6.07) is 5.52. The van der Waals surface area contributed by atoms with E-state index in [-0.39, 0.29) is 10.6 Å². The standard InChI is InChI=1S/C15H22BrN3O2/c1-2-9-18(11-12-5-3-4-8-17-12)15-7-6-13(19(20)21)10-14(15)16/h6-7,10,12,17H,2-5,8-9,11H2,1H3. The first-order valence-electron chi connectivity index (χ1n) is 7.54. The Kier molecular flexibility index (Phi) is 5.99. The average molecular weight is 356 g/mol. The number of anilines is 1. The number of nitrogens with zero attached hydrogens (tertiary/aromatic N) is 2. The summed E-state index contributed by atoms with van der Waals surface area (Å²) in [5.74, 6) is 0. The van der Waals surface area contributed by atoms with Crippen LogP contribution in [0.15, 0.2) is 22.7 Å². The molecular weight excluding hydrogens is 334 g/mol. The van der Waals surface area contributed by atoms with E-state index >= 15 is 0 Å². The highest BCUT2D eigenvalue weighted by molar-refractivity contribution is 9.10. The van der Waals surface area contributed by atoms with Crippen LogP contribution in [-0.4, -0.2) is 30.6 Å². The molecular formula is C15H22BrN3O2. The third-order valence-electron chi connectivity index (χ3n) is 3.83. The van der Waals surface area contributed by atoms with Gasteiger partial charge in [-0.25, -0.2) is 0 Å². The van der Waals surface area contributed by atoms with Gasteiger partial charge in [0.25, 0.3) is 5.69 Å². The minimum absolute atomic E-state index is 0.123. The molecule has 21 heavy (non-hydrogen) atoms. The van der Waals surface area contributed by atoms with Crippen molar-refractivity contribution in [2.75, 3.05) is 24.5 Å². The summed E-state index contributed by atoms with van der Waals surface area (Å²) in [4.78, 5) is 12.8. The predicted octanol–water partition coefficient (Wildman–Crippen LogP) is 3.72. The van der Waals surface area contributed by atoms with Crippen molar-refractivity contribution in [1.82, 2.24) is 5.32 Å². The van der Waals surface area contributed by atoms with Crippen molar-refractivity contribution >= 4 is 27.3 Å². The van der Waals surface area contributed by atoms with Crippen LogP contribution in [0.2, 0.25) is 0 Å². The van der Waals surface area contributed by atoms with Gasteiger partial charge < -0.3 is 10.2 Å². The third-order valence-corrected chi connectivity index (χ3v) is 4.46. The van der Waals surface area contributed by atoms with Crippen LogP contribution < -0.4 is 10.2 Å². The molecule has 1 aromatic carbocycles. The maximum atomic E-state index is 10.8. The second-order valence-corrected chi connectivity index (χ2v) is 6.34. The number of rotatable bonds is 6. The Balaban J connectivity index is 2.14. The number of nitro benzene ring substituents is 1. The van der Waals surface area contributed by atoms with E-state index in [0.29, 0.717) is 6.04 Å². The summed E-state index contributed by atoms with van der Waals surface area (Å²) < 4.78 is 0.793. The van der Waals surface area contributed by atoms with Gasteiger partial charge in [0.15, 0.2) is 0 Å². The smallest absolute Gasteiger partial charge is 0.270 e. The van der Waals surface area contributed by atoms with Gasteiger partial charge in [-0.1, -0.05) is 13.3 Å². The van der Waals surface area contributed by atoms with Crippen molar-refractivity contribution in [1.29, 1.82) is 0 Å². The van der Waals surface area contributed by atoms with E-state index in [9.17, 15) is 10.1 Å². The van der Waals surface area contributed by atoms with Crippen LogP contribution in [0, 0.1) is 10.1 Å². The number of nitro groups is 1. The van der Waals surface area contributed by atoms with Crippen LogP contribution >= 0.6 is 15.9 Å². The maximum Gasteiger partial charge on any atom is 0.270 e. The average Bonchev–Trinajstić information content (AvgIpc) is 2.48. The summed E-state index contributed by atoms with van der Waals surface area (Å²) >= 11 is 3.48. The van der Waals surface area contributed by atoms with E-state index in [4.69, 9.17) is 0 Å². The number of hydrogen-bond donors (Lipinski definition) is 1. The fraction of sp³-hybridized carbons (Fsp3) is 0.600. The van der Waals surface area contributed by atoms with Gasteiger partial charge in [0, 0.05) is 35.7 Å². The summed E-state index contributed by atoms with van der Waals surface area (Å²) in [6.07, 6.45) is 4.78. The molecule has 5 nitrogen and oxygen atoms in total. The van der Waals surface area contributed by atoms with Crippen LogP contribution in [0.3, 0.4) is 0 Å². The van der Waals surface area contributed by atoms with Crippen LogP contribution in [-0.2, 0) is 0 Å². The summed E-state index contributed by atoms with van der Waals surface area (Å²) in [7, 11) is 0. The Morgan fingerprint density at radius 1 is 1.48 bits per heavy atom. The van der Waals surface area contributed by atoms with E-state index in [1.165, 1.54) is 19.3 Å². The molecule has 1 atom stereocenters. The topological polar surface area (TPSA) is 58.4 Å². The number of non-ortho nitro benzene ring substituents is 1. The molecule has 0 aliphatic carbocycles. The molecule has 6 heteroatoms. The molecule has 2 rings (SSSR count). The number of benzene rings is 1. The first-order chi connectivity index (χ1) is 10.1. The van der Waals surface area contributed by atoms with E-state index in [0.717, 1.165) is 36.2 Å². The largest absolute Gasteiger partial charge is 0.369 e. The molecule has 1 fully saturated rings. The van der Waals surface area contributed by atoms with Gasteiger partial charge in [-0.05, 0) is 47.8 Å². The van der Waals surface area contributed by atoms with Crippen LogP contribution in [0.4, 0.5) is 11.4 Å². The van der Waals surface area contributed by atoms with Gasteiger partial charge in [-0.15, -0.1) is 0 Å². The Bertz CT molecular complexity index is 490. The molecule has 0 amide bonds. The first-order valence-corrected chi connectivity index (χ1v) is 8.33. The Labute approximate surface area is 134 Å². The molecule has 116 valence electrons. The van der Waals surface area contributed by atoms with Gasteiger partial charge in [-0.3, -0.25) is 10.1 Å². The lowest BCUT2D eigenvalue weighted by molar-refractivity contribution is -0.384. The van der Waals surface area contributed by atoms with E-state index in [1.54, 1.807) is 12.1 Å². The summed E-state index contributed by atoms with van der Waals surface area (Å²) in [5, 5.41) is 14.4. The van der Waals surface area contributed by atoms with E-state index in [1.807, 2.05) is 6.07 Å². The molecule has 1 N–H and O–H groups in total. The van der Waals surface area contributed by atoms with Gasteiger partial charge in [0.2, 0.25) is 0 Å². The molecule has 0 radical (unpaired) electrons. The summed E-state index contributed by atoms with van der Waals surface area (Å²) in [5.41, 5.74) is 1.16. The highest BCUT2D eigenvalue weighted by Gasteiger charge is 2.19. The molecule has 0 aromatic heterocycles. The van der Waals surface area contributed by atoms with Gasteiger partial charge in [-0.2, -0.15) is 0 Å². The molecule has 1 aliphatic rings. The van der Waals surface area contributed by atoms with Gasteiger partial charge in [0.05, 0.1) is 10.6 Å². The van der Waals surface area contributed by atoms with Crippen LogP contribution in [0.1, 0.15) is 32.6 Å². The highest BCUT2D eigenvalue weighted by atomic mass is 79.9. The highest BCUT2D eigenvalue weighted by Crippen LogP contribution is 2.30. The Morgan fingerprint density at radius 3 is 2.86 bits per heavy atom. The second kappa shape index (κ2) is 7.75.